The average Bonchev–Trinajstić information content (AvgIpc) is 3.03. The standard InChI is InChI=1S/C21H26N4O/c1-16-15-18-7-3-4-8-19(18)25(16)21(26)17(2)23-11-13-24(14-12-23)20-9-5-6-10-22-20/h3-10,16-17H,11-15H2,1-2H3/t16-,17-/m1/s1. The smallest absolute Gasteiger partial charge is 0.244 e. The highest BCUT2D eigenvalue weighted by Gasteiger charge is 2.35. The van der Waals surface area contributed by atoms with Crippen LogP contribution in [0, 0.1) is 0 Å². The predicted molar refractivity (Wildman–Crippen MR) is 105 cm³/mol. The number of amides is 1. The number of fused-ring (bicyclic) bond motifs is 1. The van der Waals surface area contributed by atoms with Crippen LogP contribution in [0.1, 0.15) is 19.4 Å². The van der Waals surface area contributed by atoms with Crippen molar-refractivity contribution < 1.29 is 4.79 Å². The van der Waals surface area contributed by atoms with Gasteiger partial charge >= 0.3 is 0 Å². The summed E-state index contributed by atoms with van der Waals surface area (Å²) in [5.41, 5.74) is 2.37. The van der Waals surface area contributed by atoms with E-state index in [-0.39, 0.29) is 18.0 Å². The van der Waals surface area contributed by atoms with Crippen LogP contribution in [0.4, 0.5) is 11.5 Å². The lowest BCUT2D eigenvalue weighted by atomic mass is 10.1. The molecule has 1 fully saturated rings. The summed E-state index contributed by atoms with van der Waals surface area (Å²) in [6, 6.07) is 14.4. The van der Waals surface area contributed by atoms with Gasteiger partial charge in [0, 0.05) is 44.1 Å². The molecule has 3 heterocycles. The van der Waals surface area contributed by atoms with E-state index in [1.165, 1.54) is 5.56 Å². The van der Waals surface area contributed by atoms with E-state index >= 15 is 0 Å². The fourth-order valence-corrected chi connectivity index (χ4v) is 4.14. The molecule has 1 amide bonds. The lowest BCUT2D eigenvalue weighted by Crippen LogP contribution is -2.55. The number of hydrogen-bond acceptors (Lipinski definition) is 4. The first kappa shape index (κ1) is 17.0. The van der Waals surface area contributed by atoms with Crippen LogP contribution in [0.3, 0.4) is 0 Å². The molecule has 136 valence electrons. The number of benzene rings is 1. The zero-order valence-corrected chi connectivity index (χ0v) is 15.5. The molecule has 0 spiro atoms. The highest BCUT2D eigenvalue weighted by molar-refractivity contribution is 5.99. The van der Waals surface area contributed by atoms with Crippen molar-refractivity contribution >= 4 is 17.4 Å². The van der Waals surface area contributed by atoms with Crippen molar-refractivity contribution in [3.8, 4) is 0 Å². The second-order valence-corrected chi connectivity index (χ2v) is 7.28. The molecule has 1 saturated heterocycles. The topological polar surface area (TPSA) is 39.7 Å². The number of para-hydroxylation sites is 1. The van der Waals surface area contributed by atoms with Gasteiger partial charge in [0.1, 0.15) is 5.82 Å². The van der Waals surface area contributed by atoms with E-state index in [0.29, 0.717) is 0 Å². The first-order valence-corrected chi connectivity index (χ1v) is 9.46. The molecule has 1 aromatic carbocycles. The predicted octanol–water partition coefficient (Wildman–Crippen LogP) is 2.57. The highest BCUT2D eigenvalue weighted by atomic mass is 16.2. The highest BCUT2D eigenvalue weighted by Crippen LogP contribution is 2.32. The molecule has 0 N–H and O–H groups in total. The van der Waals surface area contributed by atoms with Crippen LogP contribution in [0.5, 0.6) is 0 Å². The minimum absolute atomic E-state index is 0.102. The van der Waals surface area contributed by atoms with Gasteiger partial charge in [-0.25, -0.2) is 4.98 Å². The monoisotopic (exact) mass is 350 g/mol. The van der Waals surface area contributed by atoms with E-state index in [1.807, 2.05) is 42.3 Å². The maximum absolute atomic E-state index is 13.2. The van der Waals surface area contributed by atoms with E-state index in [4.69, 9.17) is 0 Å². The fraction of sp³-hybridized carbons (Fsp3) is 0.429. The van der Waals surface area contributed by atoms with Crippen LogP contribution in [0.2, 0.25) is 0 Å². The number of pyridine rings is 1. The number of piperazine rings is 1. The summed E-state index contributed by atoms with van der Waals surface area (Å²) in [4.78, 5) is 24.3. The molecule has 2 atom stereocenters. The fourth-order valence-electron chi connectivity index (χ4n) is 4.14. The molecule has 5 nitrogen and oxygen atoms in total. The molecule has 2 aliphatic rings. The van der Waals surface area contributed by atoms with Crippen molar-refractivity contribution in [2.75, 3.05) is 36.0 Å². The van der Waals surface area contributed by atoms with E-state index in [9.17, 15) is 4.79 Å². The van der Waals surface area contributed by atoms with Gasteiger partial charge in [0.2, 0.25) is 5.91 Å². The van der Waals surface area contributed by atoms with Crippen molar-refractivity contribution in [3.05, 3.63) is 54.2 Å². The molecule has 5 heteroatoms. The Balaban J connectivity index is 1.42. The van der Waals surface area contributed by atoms with E-state index < -0.39 is 0 Å². The number of aromatic nitrogens is 1. The molecule has 2 aliphatic heterocycles. The third-order valence-electron chi connectivity index (χ3n) is 5.64. The second kappa shape index (κ2) is 7.08. The van der Waals surface area contributed by atoms with E-state index in [1.54, 1.807) is 0 Å². The van der Waals surface area contributed by atoms with Crippen molar-refractivity contribution in [1.29, 1.82) is 0 Å². The lowest BCUT2D eigenvalue weighted by Gasteiger charge is -2.39. The van der Waals surface area contributed by atoms with Gasteiger partial charge in [-0.3, -0.25) is 9.69 Å². The lowest BCUT2D eigenvalue weighted by molar-refractivity contribution is -0.123. The molecular weight excluding hydrogens is 324 g/mol. The zero-order valence-electron chi connectivity index (χ0n) is 15.5. The Morgan fingerprint density at radius 2 is 1.81 bits per heavy atom. The van der Waals surface area contributed by atoms with Crippen LogP contribution in [-0.2, 0) is 11.2 Å². The number of carbonyl (C=O) groups excluding carboxylic acids is 1. The van der Waals surface area contributed by atoms with Gasteiger partial charge in [-0.05, 0) is 44.0 Å². The molecule has 4 rings (SSSR count). The summed E-state index contributed by atoms with van der Waals surface area (Å²) >= 11 is 0. The molecule has 0 bridgehead atoms. The van der Waals surface area contributed by atoms with Gasteiger partial charge in [0.15, 0.2) is 0 Å². The summed E-state index contributed by atoms with van der Waals surface area (Å²) in [7, 11) is 0. The third kappa shape index (κ3) is 3.07. The number of carbonyl (C=O) groups is 1. The summed E-state index contributed by atoms with van der Waals surface area (Å²) in [5.74, 6) is 1.24. The third-order valence-corrected chi connectivity index (χ3v) is 5.64. The Hall–Kier alpha value is -2.40. The first-order chi connectivity index (χ1) is 12.6. The Kier molecular flexibility index (Phi) is 4.64. The van der Waals surface area contributed by atoms with Gasteiger partial charge in [0.05, 0.1) is 6.04 Å². The molecule has 0 unspecified atom stereocenters. The van der Waals surface area contributed by atoms with Crippen molar-refractivity contribution in [3.63, 3.8) is 0 Å². The van der Waals surface area contributed by atoms with Crippen LogP contribution in [0.25, 0.3) is 0 Å². The quantitative estimate of drug-likeness (QED) is 0.853. The number of anilines is 2. The van der Waals surface area contributed by atoms with Crippen LogP contribution in [0.15, 0.2) is 48.7 Å². The van der Waals surface area contributed by atoms with Gasteiger partial charge in [-0.15, -0.1) is 0 Å². The Labute approximate surface area is 155 Å². The van der Waals surface area contributed by atoms with Gasteiger partial charge in [-0.2, -0.15) is 0 Å². The summed E-state index contributed by atoms with van der Waals surface area (Å²) in [5, 5.41) is 0. The number of rotatable bonds is 3. The summed E-state index contributed by atoms with van der Waals surface area (Å²) in [6.45, 7) is 7.76. The normalized spacial score (nSPS) is 21.5. The molecule has 26 heavy (non-hydrogen) atoms. The molecule has 0 radical (unpaired) electrons. The maximum atomic E-state index is 13.2. The van der Waals surface area contributed by atoms with Gasteiger partial charge < -0.3 is 9.80 Å². The summed E-state index contributed by atoms with van der Waals surface area (Å²) < 4.78 is 0. The van der Waals surface area contributed by atoms with Crippen molar-refractivity contribution in [2.45, 2.75) is 32.4 Å². The van der Waals surface area contributed by atoms with E-state index in [0.717, 1.165) is 44.1 Å². The molecule has 1 aromatic heterocycles. The Bertz CT molecular complexity index is 771. The Morgan fingerprint density at radius 1 is 1.08 bits per heavy atom. The molecule has 2 aromatic rings. The largest absolute Gasteiger partial charge is 0.354 e. The van der Waals surface area contributed by atoms with Crippen LogP contribution < -0.4 is 9.80 Å². The SMILES string of the molecule is C[C@H](C(=O)N1c2ccccc2C[C@H]1C)N1CCN(c2ccccn2)CC1. The first-order valence-electron chi connectivity index (χ1n) is 9.46. The van der Waals surface area contributed by atoms with Crippen molar-refractivity contribution in [2.24, 2.45) is 0 Å². The maximum Gasteiger partial charge on any atom is 0.244 e. The average molecular weight is 350 g/mol. The molecular formula is C21H26N4O. The van der Waals surface area contributed by atoms with Crippen LogP contribution in [-0.4, -0.2) is 54.1 Å². The zero-order chi connectivity index (χ0) is 18.1. The van der Waals surface area contributed by atoms with Gasteiger partial charge in [0.25, 0.3) is 0 Å². The van der Waals surface area contributed by atoms with Crippen LogP contribution >= 0.6 is 0 Å². The second-order valence-electron chi connectivity index (χ2n) is 7.28. The minimum atomic E-state index is -0.102. The number of nitrogens with zero attached hydrogens (tertiary/aromatic N) is 4. The van der Waals surface area contributed by atoms with Gasteiger partial charge in [-0.1, -0.05) is 24.3 Å². The Morgan fingerprint density at radius 3 is 2.54 bits per heavy atom. The minimum Gasteiger partial charge on any atom is -0.354 e. The molecule has 0 saturated carbocycles. The van der Waals surface area contributed by atoms with Crippen molar-refractivity contribution in [1.82, 2.24) is 9.88 Å². The summed E-state index contributed by atoms with van der Waals surface area (Å²) in [6.07, 6.45) is 2.78. The molecule has 0 aliphatic carbocycles. The number of hydrogen-bond donors (Lipinski definition) is 0. The van der Waals surface area contributed by atoms with E-state index in [2.05, 4.69) is 39.9 Å².